The summed E-state index contributed by atoms with van der Waals surface area (Å²) in [7, 11) is 3.20. The van der Waals surface area contributed by atoms with Gasteiger partial charge in [0.15, 0.2) is 0 Å². The zero-order valence-corrected chi connectivity index (χ0v) is 10.3. The molecule has 94 valence electrons. The van der Waals surface area contributed by atoms with Crippen molar-refractivity contribution in [1.82, 2.24) is 19.6 Å². The Morgan fingerprint density at radius 3 is 3.00 bits per heavy atom. The summed E-state index contributed by atoms with van der Waals surface area (Å²) < 4.78 is 1.46. The highest BCUT2D eigenvalue weighted by molar-refractivity contribution is 5.73. The van der Waals surface area contributed by atoms with Gasteiger partial charge in [-0.15, -0.1) is 0 Å². The zero-order valence-electron chi connectivity index (χ0n) is 10.3. The molecule has 0 unspecified atom stereocenters. The molecule has 0 aliphatic heterocycles. The first-order chi connectivity index (χ1) is 8.61. The van der Waals surface area contributed by atoms with Crippen LogP contribution in [0.2, 0.25) is 0 Å². The van der Waals surface area contributed by atoms with Crippen LogP contribution in [0.25, 0.3) is 5.65 Å². The fourth-order valence-electron chi connectivity index (χ4n) is 1.69. The van der Waals surface area contributed by atoms with Gasteiger partial charge in [0.25, 0.3) is 5.56 Å². The molecular weight excluding hydrogens is 232 g/mol. The molecular formula is C12H14N4O2. The molecule has 18 heavy (non-hydrogen) atoms. The normalized spacial score (nSPS) is 10.3. The lowest BCUT2D eigenvalue weighted by atomic mass is 10.3. The predicted molar refractivity (Wildman–Crippen MR) is 67.4 cm³/mol. The van der Waals surface area contributed by atoms with Crippen LogP contribution < -0.4 is 10.9 Å². The molecule has 0 aliphatic carbocycles. The minimum Gasteiger partial charge on any atom is -0.341 e. The van der Waals surface area contributed by atoms with E-state index in [0.29, 0.717) is 17.9 Å². The lowest BCUT2D eigenvalue weighted by molar-refractivity contribution is 0.208. The van der Waals surface area contributed by atoms with Crippen molar-refractivity contribution in [2.45, 2.75) is 6.54 Å². The highest BCUT2D eigenvalue weighted by atomic mass is 16.2. The van der Waals surface area contributed by atoms with Gasteiger partial charge in [-0.2, -0.15) is 0 Å². The minimum atomic E-state index is -0.218. The monoisotopic (exact) mass is 246 g/mol. The molecule has 2 heterocycles. The van der Waals surface area contributed by atoms with Gasteiger partial charge in [-0.1, -0.05) is 6.07 Å². The van der Waals surface area contributed by atoms with E-state index in [0.717, 1.165) is 0 Å². The molecule has 6 nitrogen and oxygen atoms in total. The third-order valence-corrected chi connectivity index (χ3v) is 2.58. The average Bonchev–Trinajstić information content (AvgIpc) is 2.37. The third kappa shape index (κ3) is 2.32. The molecule has 6 heteroatoms. The van der Waals surface area contributed by atoms with Crippen LogP contribution in [0.4, 0.5) is 4.79 Å². The van der Waals surface area contributed by atoms with E-state index in [1.165, 1.54) is 15.4 Å². The molecule has 2 aromatic heterocycles. The molecule has 2 rings (SSSR count). The van der Waals surface area contributed by atoms with E-state index in [4.69, 9.17) is 0 Å². The van der Waals surface area contributed by atoms with Crippen LogP contribution in [0.5, 0.6) is 0 Å². The number of carbonyl (C=O) groups excluding carboxylic acids is 1. The van der Waals surface area contributed by atoms with Crippen LogP contribution in [0.3, 0.4) is 0 Å². The van der Waals surface area contributed by atoms with E-state index in [1.807, 2.05) is 6.07 Å². The smallest absolute Gasteiger partial charge is 0.317 e. The number of rotatable bonds is 2. The molecule has 0 aliphatic rings. The summed E-state index contributed by atoms with van der Waals surface area (Å²) in [6, 6.07) is 6.56. The summed E-state index contributed by atoms with van der Waals surface area (Å²) in [4.78, 5) is 29.0. The van der Waals surface area contributed by atoms with Crippen LogP contribution in [0, 0.1) is 0 Å². The van der Waals surface area contributed by atoms with Gasteiger partial charge in [0, 0.05) is 26.4 Å². The minimum absolute atomic E-state index is 0.152. The molecule has 1 N–H and O–H groups in total. The summed E-state index contributed by atoms with van der Waals surface area (Å²) >= 11 is 0. The quantitative estimate of drug-likeness (QED) is 0.837. The van der Waals surface area contributed by atoms with Crippen molar-refractivity contribution in [3.8, 4) is 0 Å². The molecule has 0 radical (unpaired) electrons. The van der Waals surface area contributed by atoms with Gasteiger partial charge in [0.05, 0.1) is 12.2 Å². The van der Waals surface area contributed by atoms with E-state index in [2.05, 4.69) is 10.3 Å². The molecule has 2 amide bonds. The summed E-state index contributed by atoms with van der Waals surface area (Å²) in [5.74, 6) is 0. The topological polar surface area (TPSA) is 66.7 Å². The first-order valence-corrected chi connectivity index (χ1v) is 5.52. The van der Waals surface area contributed by atoms with Gasteiger partial charge >= 0.3 is 6.03 Å². The van der Waals surface area contributed by atoms with Crippen LogP contribution in [0.1, 0.15) is 5.69 Å². The van der Waals surface area contributed by atoms with Crippen molar-refractivity contribution in [3.05, 3.63) is 46.5 Å². The van der Waals surface area contributed by atoms with Gasteiger partial charge in [-0.3, -0.25) is 9.20 Å². The highest BCUT2D eigenvalue weighted by Crippen LogP contribution is 2.01. The summed E-state index contributed by atoms with van der Waals surface area (Å²) in [6.07, 6.45) is 1.66. The second-order valence-corrected chi connectivity index (χ2v) is 3.93. The fraction of sp³-hybridized carbons (Fsp3) is 0.250. The highest BCUT2D eigenvalue weighted by Gasteiger charge is 2.09. The molecule has 0 spiro atoms. The van der Waals surface area contributed by atoms with Crippen molar-refractivity contribution in [2.75, 3.05) is 14.1 Å². The number of carbonyl (C=O) groups is 1. The van der Waals surface area contributed by atoms with Crippen LogP contribution in [-0.4, -0.2) is 34.4 Å². The van der Waals surface area contributed by atoms with Crippen molar-refractivity contribution in [3.63, 3.8) is 0 Å². The maximum absolute atomic E-state index is 11.8. The van der Waals surface area contributed by atoms with Crippen LogP contribution >= 0.6 is 0 Å². The second-order valence-electron chi connectivity index (χ2n) is 3.93. The van der Waals surface area contributed by atoms with Gasteiger partial charge in [-0.05, 0) is 12.1 Å². The molecule has 2 aromatic rings. The maximum Gasteiger partial charge on any atom is 0.317 e. The molecule has 0 saturated carbocycles. The summed E-state index contributed by atoms with van der Waals surface area (Å²) in [6.45, 7) is 0.292. The first-order valence-electron chi connectivity index (χ1n) is 5.52. The number of aromatic nitrogens is 2. The number of pyridine rings is 1. The standard InChI is InChI=1S/C12H14N4O2/c1-13-12(18)15(2)8-9-7-11(17)16-6-4-3-5-10(16)14-9/h3-7H,8H2,1-2H3,(H,13,18). The number of fused-ring (bicyclic) bond motifs is 1. The van der Waals surface area contributed by atoms with Crippen molar-refractivity contribution < 1.29 is 4.79 Å². The van der Waals surface area contributed by atoms with E-state index < -0.39 is 0 Å². The molecule has 0 fully saturated rings. The molecule has 0 saturated heterocycles. The largest absolute Gasteiger partial charge is 0.341 e. The average molecular weight is 246 g/mol. The lowest BCUT2D eigenvalue weighted by Gasteiger charge is -2.15. The Bertz CT molecular complexity index is 635. The Kier molecular flexibility index (Phi) is 3.27. The summed E-state index contributed by atoms with van der Waals surface area (Å²) in [5, 5.41) is 2.51. The lowest BCUT2D eigenvalue weighted by Crippen LogP contribution is -2.35. The predicted octanol–water partition coefficient (Wildman–Crippen LogP) is 0.466. The number of hydrogen-bond acceptors (Lipinski definition) is 3. The van der Waals surface area contributed by atoms with Crippen LogP contribution in [0.15, 0.2) is 35.3 Å². The van der Waals surface area contributed by atoms with Gasteiger partial charge in [0.2, 0.25) is 0 Å². The van der Waals surface area contributed by atoms with E-state index in [1.54, 1.807) is 32.4 Å². The Balaban J connectivity index is 2.35. The van der Waals surface area contributed by atoms with Crippen LogP contribution in [-0.2, 0) is 6.54 Å². The zero-order chi connectivity index (χ0) is 13.1. The SMILES string of the molecule is CNC(=O)N(C)Cc1cc(=O)n2ccccc2n1. The Morgan fingerprint density at radius 2 is 2.28 bits per heavy atom. The van der Waals surface area contributed by atoms with Gasteiger partial charge in [0.1, 0.15) is 5.65 Å². The summed E-state index contributed by atoms with van der Waals surface area (Å²) in [5.41, 5.74) is 0.989. The molecule has 0 atom stereocenters. The van der Waals surface area contributed by atoms with E-state index >= 15 is 0 Å². The maximum atomic E-state index is 11.8. The van der Waals surface area contributed by atoms with Gasteiger partial charge in [-0.25, -0.2) is 9.78 Å². The Morgan fingerprint density at radius 1 is 1.50 bits per heavy atom. The van der Waals surface area contributed by atoms with Crippen molar-refractivity contribution >= 4 is 11.7 Å². The number of nitrogens with one attached hydrogen (secondary N) is 1. The number of hydrogen-bond donors (Lipinski definition) is 1. The van der Waals surface area contributed by atoms with E-state index in [9.17, 15) is 9.59 Å². The van der Waals surface area contributed by atoms with Gasteiger partial charge < -0.3 is 10.2 Å². The first kappa shape index (κ1) is 12.1. The second kappa shape index (κ2) is 4.87. The fourth-order valence-corrected chi connectivity index (χ4v) is 1.69. The molecule has 0 bridgehead atoms. The number of nitrogens with zero attached hydrogens (tertiary/aromatic N) is 3. The van der Waals surface area contributed by atoms with Crippen molar-refractivity contribution in [1.29, 1.82) is 0 Å². The number of urea groups is 1. The molecule has 0 aromatic carbocycles. The van der Waals surface area contributed by atoms with Crippen molar-refractivity contribution in [2.24, 2.45) is 0 Å². The van der Waals surface area contributed by atoms with E-state index in [-0.39, 0.29) is 11.6 Å². The number of amides is 2. The Labute approximate surface area is 104 Å². The Hall–Kier alpha value is -2.37. The third-order valence-electron chi connectivity index (χ3n) is 2.58.